The van der Waals surface area contributed by atoms with Crippen LogP contribution in [0.2, 0.25) is 0 Å². The van der Waals surface area contributed by atoms with E-state index in [1.165, 1.54) is 25.3 Å². The summed E-state index contributed by atoms with van der Waals surface area (Å²) in [6.07, 6.45) is -4.66. The number of phenols is 2. The lowest BCUT2D eigenvalue weighted by atomic mass is 9.72. The summed E-state index contributed by atoms with van der Waals surface area (Å²) in [5, 5.41) is 55.2. The molecule has 2 aliphatic heterocycles. The lowest BCUT2D eigenvalue weighted by molar-refractivity contribution is -0.260. The summed E-state index contributed by atoms with van der Waals surface area (Å²) in [6, 6.07) is 4.04. The van der Waals surface area contributed by atoms with Gasteiger partial charge in [0.25, 0.3) is 0 Å². The Bertz CT molecular complexity index is 1520. The van der Waals surface area contributed by atoms with Crippen molar-refractivity contribution in [3.05, 3.63) is 51.6 Å². The molecule has 4 aliphatic rings. The van der Waals surface area contributed by atoms with Crippen molar-refractivity contribution in [2.75, 3.05) is 40.0 Å². The van der Waals surface area contributed by atoms with E-state index in [1.807, 2.05) is 0 Å². The zero-order valence-corrected chi connectivity index (χ0v) is 24.3. The minimum absolute atomic E-state index is 0.0425. The number of rotatable bonds is 6. The lowest BCUT2D eigenvalue weighted by Crippen LogP contribution is -2.58. The molecule has 5 N–H and O–H groups in total. The molecule has 0 radical (unpaired) electrons. The van der Waals surface area contributed by atoms with Crippen LogP contribution in [-0.2, 0) is 25.4 Å². The van der Waals surface area contributed by atoms with Gasteiger partial charge in [0.15, 0.2) is 17.9 Å². The van der Waals surface area contributed by atoms with Gasteiger partial charge in [0.05, 0.1) is 55.3 Å². The number of aliphatic hydroxyl groups excluding tert-OH is 2. The van der Waals surface area contributed by atoms with E-state index in [9.17, 15) is 39.9 Å². The highest BCUT2D eigenvalue weighted by molar-refractivity contribution is 6.31. The molecular weight excluding hydrogens is 578 g/mol. The Morgan fingerprint density at radius 1 is 1.09 bits per heavy atom. The first-order chi connectivity index (χ1) is 21.0. The van der Waals surface area contributed by atoms with Crippen LogP contribution in [0.25, 0.3) is 0 Å². The second kappa shape index (κ2) is 11.5. The first-order valence-corrected chi connectivity index (χ1v) is 14.5. The Hall–Kier alpha value is -3.43. The maximum Gasteiger partial charge on any atom is 0.202 e. The van der Waals surface area contributed by atoms with Crippen LogP contribution >= 0.6 is 0 Å². The van der Waals surface area contributed by atoms with E-state index in [-0.39, 0.29) is 40.5 Å². The normalized spacial score (nSPS) is 30.3. The number of phenolic OH excluding ortho intramolecular Hbond substituents is 2. The standard InChI is InChI=1S/C31H35NO12/c1-14-26(35)17(32-6-8-42-9-7-32)10-21(43-14)44-19-12-31(40,20(34)13-33)11-16-23(19)30(39)25-24(28(16)37)27(36)15-4-3-5-18(41-2)22(15)29(25)38/h3-5,14,17,19,21,26,33,35,37,39-40H,6-13H2,1-2H3/t14-,17-,19-,21+,26+,31+/m1/s1. The molecule has 0 bridgehead atoms. The number of nitrogens with zero attached hydrogens (tertiary/aromatic N) is 1. The highest BCUT2D eigenvalue weighted by atomic mass is 16.7. The van der Waals surface area contributed by atoms with Crippen molar-refractivity contribution in [3.8, 4) is 17.2 Å². The van der Waals surface area contributed by atoms with Crippen molar-refractivity contribution < 1.29 is 58.9 Å². The molecule has 2 aliphatic carbocycles. The van der Waals surface area contributed by atoms with E-state index in [0.717, 1.165) is 0 Å². The third-order valence-electron chi connectivity index (χ3n) is 9.24. The van der Waals surface area contributed by atoms with E-state index in [1.54, 1.807) is 6.92 Å². The minimum atomic E-state index is -2.24. The van der Waals surface area contributed by atoms with Crippen LogP contribution in [0, 0.1) is 0 Å². The molecule has 2 saturated heterocycles. The van der Waals surface area contributed by atoms with Gasteiger partial charge in [-0.3, -0.25) is 19.3 Å². The molecule has 0 amide bonds. The first kappa shape index (κ1) is 30.6. The van der Waals surface area contributed by atoms with Crippen molar-refractivity contribution in [3.63, 3.8) is 0 Å². The van der Waals surface area contributed by atoms with E-state index in [2.05, 4.69) is 4.90 Å². The van der Waals surface area contributed by atoms with Crippen LogP contribution in [0.4, 0.5) is 0 Å². The number of carbonyl (C=O) groups excluding carboxylic acids is 3. The zero-order chi connectivity index (χ0) is 31.5. The molecule has 2 heterocycles. The number of carbonyl (C=O) groups is 3. The predicted octanol–water partition coefficient (Wildman–Crippen LogP) is 0.375. The molecule has 44 heavy (non-hydrogen) atoms. The molecule has 0 saturated carbocycles. The van der Waals surface area contributed by atoms with Gasteiger partial charge in [0.2, 0.25) is 5.78 Å². The highest BCUT2D eigenvalue weighted by Gasteiger charge is 2.50. The predicted molar refractivity (Wildman–Crippen MR) is 150 cm³/mol. The molecule has 6 atom stereocenters. The van der Waals surface area contributed by atoms with E-state index in [0.29, 0.717) is 26.3 Å². The summed E-state index contributed by atoms with van der Waals surface area (Å²) in [5.41, 5.74) is -3.52. The van der Waals surface area contributed by atoms with Crippen molar-refractivity contribution in [2.45, 2.75) is 62.4 Å². The number of hydrogen-bond acceptors (Lipinski definition) is 13. The number of ether oxygens (including phenoxy) is 4. The topological polar surface area (TPSA) is 193 Å². The molecule has 236 valence electrons. The van der Waals surface area contributed by atoms with Gasteiger partial charge in [-0.05, 0) is 13.0 Å². The van der Waals surface area contributed by atoms with E-state index >= 15 is 0 Å². The maximum atomic E-state index is 13.8. The third kappa shape index (κ3) is 4.79. The van der Waals surface area contributed by atoms with E-state index < -0.39 is 89.6 Å². The fourth-order valence-electron chi connectivity index (χ4n) is 6.96. The van der Waals surface area contributed by atoms with Crippen molar-refractivity contribution >= 4 is 17.3 Å². The number of Topliss-reactive ketones (excluding diaryl/α,β-unsaturated/α-hetero) is 1. The Labute approximate surface area is 252 Å². The molecule has 2 aromatic rings. The molecule has 2 fully saturated rings. The van der Waals surface area contributed by atoms with Gasteiger partial charge in [0, 0.05) is 55.1 Å². The summed E-state index contributed by atoms with van der Waals surface area (Å²) in [6.45, 7) is 2.83. The van der Waals surface area contributed by atoms with Gasteiger partial charge in [0.1, 0.15) is 29.5 Å². The Morgan fingerprint density at radius 2 is 1.80 bits per heavy atom. The minimum Gasteiger partial charge on any atom is -0.507 e. The van der Waals surface area contributed by atoms with Gasteiger partial charge in [-0.1, -0.05) is 12.1 Å². The number of benzene rings is 2. The van der Waals surface area contributed by atoms with Crippen LogP contribution in [0.3, 0.4) is 0 Å². The molecule has 2 aromatic carbocycles. The number of fused-ring (bicyclic) bond motifs is 3. The molecule has 13 heteroatoms. The number of ketones is 3. The van der Waals surface area contributed by atoms with Crippen LogP contribution in [0.5, 0.6) is 17.2 Å². The quantitative estimate of drug-likeness (QED) is 0.240. The zero-order valence-electron chi connectivity index (χ0n) is 24.3. The summed E-state index contributed by atoms with van der Waals surface area (Å²) in [7, 11) is 1.34. The molecule has 0 spiro atoms. The fourth-order valence-corrected chi connectivity index (χ4v) is 6.96. The van der Waals surface area contributed by atoms with Crippen LogP contribution < -0.4 is 4.74 Å². The van der Waals surface area contributed by atoms with Crippen LogP contribution in [-0.4, -0.2) is 118 Å². The summed E-state index contributed by atoms with van der Waals surface area (Å²) < 4.78 is 23.0. The first-order valence-electron chi connectivity index (χ1n) is 14.5. The van der Waals surface area contributed by atoms with Gasteiger partial charge in [-0.2, -0.15) is 0 Å². The Morgan fingerprint density at radius 3 is 2.48 bits per heavy atom. The number of methoxy groups -OCH3 is 1. The molecule has 13 nitrogen and oxygen atoms in total. The summed E-state index contributed by atoms with van der Waals surface area (Å²) in [4.78, 5) is 42.3. The SMILES string of the molecule is COc1cccc2c1C(=O)c1c(O)c3c(c(O)c1C2=O)C[C@@](O)(C(=O)CO)C[C@H]3O[C@H]1C[C@@H](N2CCOCC2)[C@@H](O)[C@@H](C)O1. The number of hydrogen-bond donors (Lipinski definition) is 5. The van der Waals surface area contributed by atoms with Gasteiger partial charge in [-0.25, -0.2) is 0 Å². The maximum absolute atomic E-state index is 13.8. The summed E-state index contributed by atoms with van der Waals surface area (Å²) >= 11 is 0. The molecular formula is C31H35NO12. The van der Waals surface area contributed by atoms with Crippen molar-refractivity contribution in [1.82, 2.24) is 4.90 Å². The highest BCUT2D eigenvalue weighted by Crippen LogP contribution is 2.52. The molecule has 6 rings (SSSR count). The van der Waals surface area contributed by atoms with Crippen molar-refractivity contribution in [2.24, 2.45) is 0 Å². The number of aromatic hydroxyl groups is 2. The van der Waals surface area contributed by atoms with Gasteiger partial charge < -0.3 is 44.5 Å². The van der Waals surface area contributed by atoms with Gasteiger partial charge in [-0.15, -0.1) is 0 Å². The fraction of sp³-hybridized carbons (Fsp3) is 0.516. The summed E-state index contributed by atoms with van der Waals surface area (Å²) in [5.74, 6) is -3.68. The van der Waals surface area contributed by atoms with Crippen LogP contribution in [0.15, 0.2) is 18.2 Å². The molecule has 0 aromatic heterocycles. The largest absolute Gasteiger partial charge is 0.507 e. The lowest BCUT2D eigenvalue weighted by Gasteiger charge is -2.46. The average Bonchev–Trinajstić information content (AvgIpc) is 3.02. The van der Waals surface area contributed by atoms with Crippen molar-refractivity contribution in [1.29, 1.82) is 0 Å². The second-order valence-corrected chi connectivity index (χ2v) is 11.7. The second-order valence-electron chi connectivity index (χ2n) is 11.7. The van der Waals surface area contributed by atoms with Crippen LogP contribution in [0.1, 0.15) is 68.8 Å². The Balaban J connectivity index is 1.45. The average molecular weight is 614 g/mol. The number of aliphatic hydroxyl groups is 3. The Kier molecular flexibility index (Phi) is 7.99. The third-order valence-corrected chi connectivity index (χ3v) is 9.24. The molecule has 0 unspecified atom stereocenters. The smallest absolute Gasteiger partial charge is 0.202 e. The van der Waals surface area contributed by atoms with Gasteiger partial charge >= 0.3 is 0 Å². The van der Waals surface area contributed by atoms with E-state index in [4.69, 9.17) is 18.9 Å². The number of morpholine rings is 1. The monoisotopic (exact) mass is 613 g/mol.